The van der Waals surface area contributed by atoms with E-state index in [2.05, 4.69) is 10.6 Å². The van der Waals surface area contributed by atoms with Crippen molar-refractivity contribution >= 4 is 29.6 Å². The number of methoxy groups -OCH3 is 2. The smallest absolute Gasteiger partial charge is 0.326 e. The maximum Gasteiger partial charge on any atom is 0.326 e. The summed E-state index contributed by atoms with van der Waals surface area (Å²) in [5.41, 5.74) is 0.785. The Morgan fingerprint density at radius 2 is 1.53 bits per heavy atom. The lowest BCUT2D eigenvalue weighted by Gasteiger charge is -2.41. The highest BCUT2D eigenvalue weighted by Crippen LogP contribution is 2.30. The Kier molecular flexibility index (Phi) is 18.4. The number of nitrogens with one attached hydrogen (secondary N) is 2. The van der Waals surface area contributed by atoms with Crippen molar-refractivity contribution in [3.63, 3.8) is 0 Å². The first kappa shape index (κ1) is 45.6. The molecule has 0 spiro atoms. The topological polar surface area (TPSA) is 158 Å². The fourth-order valence-corrected chi connectivity index (χ4v) is 7.76. The van der Waals surface area contributed by atoms with E-state index in [9.17, 15) is 29.1 Å². The van der Waals surface area contributed by atoms with Crippen molar-refractivity contribution in [2.45, 2.75) is 123 Å². The second kappa shape index (κ2) is 21.4. The first-order valence-corrected chi connectivity index (χ1v) is 19.1. The number of carboxylic acid groups (broad SMARTS) is 1. The number of hydrogen-bond donors (Lipinski definition) is 3. The summed E-state index contributed by atoms with van der Waals surface area (Å²) in [5.74, 6) is -3.21. The maximum absolute atomic E-state index is 14.2. The molecule has 0 bridgehead atoms. The Morgan fingerprint density at radius 1 is 0.906 bits per heavy atom. The Labute approximate surface area is 317 Å². The SMILES string of the molecule is CCC(C)C(C(CC(=O)N1CCCC1C(OC)C(C)C(=O)NC(Cc1ccccc1)C(=O)O)OC)N(C)C(=O)[C@@H](NC(=O)C(C(C)C)N(C)C)C(C)C. The fourth-order valence-electron chi connectivity index (χ4n) is 7.76. The minimum atomic E-state index is -1.14. The third kappa shape index (κ3) is 12.2. The van der Waals surface area contributed by atoms with E-state index in [1.54, 1.807) is 23.8 Å². The van der Waals surface area contributed by atoms with Crippen LogP contribution < -0.4 is 10.6 Å². The molecule has 4 amide bonds. The van der Waals surface area contributed by atoms with Gasteiger partial charge in [0.05, 0.1) is 42.7 Å². The number of hydrogen-bond acceptors (Lipinski definition) is 8. The first-order valence-electron chi connectivity index (χ1n) is 19.1. The molecule has 0 aromatic heterocycles. The van der Waals surface area contributed by atoms with E-state index in [1.165, 1.54) is 14.2 Å². The largest absolute Gasteiger partial charge is 0.480 e. The van der Waals surface area contributed by atoms with E-state index >= 15 is 0 Å². The predicted molar refractivity (Wildman–Crippen MR) is 205 cm³/mol. The van der Waals surface area contributed by atoms with Crippen LogP contribution in [-0.2, 0) is 39.9 Å². The molecule has 1 aliphatic heterocycles. The summed E-state index contributed by atoms with van der Waals surface area (Å²) in [5, 5.41) is 15.6. The average Bonchev–Trinajstić information content (AvgIpc) is 3.59. The van der Waals surface area contributed by atoms with Gasteiger partial charge in [-0.2, -0.15) is 0 Å². The molecule has 0 saturated carbocycles. The van der Waals surface area contributed by atoms with E-state index < -0.39 is 60.2 Å². The molecule has 8 unspecified atom stereocenters. The van der Waals surface area contributed by atoms with Gasteiger partial charge in [0, 0.05) is 34.2 Å². The molecule has 1 saturated heterocycles. The van der Waals surface area contributed by atoms with Crippen molar-refractivity contribution < 1.29 is 38.6 Å². The van der Waals surface area contributed by atoms with Gasteiger partial charge in [-0.25, -0.2) is 4.79 Å². The van der Waals surface area contributed by atoms with Crippen LogP contribution in [0.25, 0.3) is 0 Å². The first-order chi connectivity index (χ1) is 24.9. The van der Waals surface area contributed by atoms with Crippen molar-refractivity contribution in [1.82, 2.24) is 25.3 Å². The van der Waals surface area contributed by atoms with Crippen molar-refractivity contribution in [3.8, 4) is 0 Å². The van der Waals surface area contributed by atoms with Crippen LogP contribution in [0.5, 0.6) is 0 Å². The van der Waals surface area contributed by atoms with Gasteiger partial charge in [-0.15, -0.1) is 0 Å². The molecule has 3 N–H and O–H groups in total. The number of amides is 4. The Balaban J connectivity index is 2.27. The zero-order valence-corrected chi connectivity index (χ0v) is 34.1. The second-order valence-corrected chi connectivity index (χ2v) is 15.6. The van der Waals surface area contributed by atoms with Crippen molar-refractivity contribution in [2.24, 2.45) is 23.7 Å². The van der Waals surface area contributed by atoms with Gasteiger partial charge in [0.25, 0.3) is 0 Å². The number of ether oxygens (including phenoxy) is 2. The van der Waals surface area contributed by atoms with Gasteiger partial charge in [-0.05, 0) is 50.3 Å². The average molecular weight is 746 g/mol. The van der Waals surface area contributed by atoms with Crippen LogP contribution in [-0.4, -0.2) is 134 Å². The molecule has 13 heteroatoms. The second-order valence-electron chi connectivity index (χ2n) is 15.6. The highest BCUT2D eigenvalue weighted by Gasteiger charge is 2.43. The number of carbonyl (C=O) groups excluding carboxylic acids is 4. The molecule has 2 rings (SSSR count). The lowest BCUT2D eigenvalue weighted by molar-refractivity contribution is -0.148. The number of aliphatic carboxylic acids is 1. The zero-order valence-electron chi connectivity index (χ0n) is 34.1. The van der Waals surface area contributed by atoms with E-state index in [1.807, 2.05) is 90.9 Å². The minimum absolute atomic E-state index is 0.0104. The number of rotatable bonds is 21. The van der Waals surface area contributed by atoms with Gasteiger partial charge in [0.15, 0.2) is 0 Å². The van der Waals surface area contributed by atoms with Crippen molar-refractivity contribution in [3.05, 3.63) is 35.9 Å². The molecular weight excluding hydrogens is 678 g/mol. The molecule has 0 radical (unpaired) electrons. The lowest BCUT2D eigenvalue weighted by atomic mass is 9.89. The number of likely N-dealkylation sites (N-methyl/N-ethyl adjacent to an activating group) is 2. The van der Waals surface area contributed by atoms with Crippen LogP contribution >= 0.6 is 0 Å². The van der Waals surface area contributed by atoms with E-state index in [4.69, 9.17) is 9.47 Å². The number of carboxylic acids is 1. The van der Waals surface area contributed by atoms with Crippen molar-refractivity contribution in [1.29, 1.82) is 0 Å². The Morgan fingerprint density at radius 3 is 2.02 bits per heavy atom. The molecule has 53 heavy (non-hydrogen) atoms. The molecule has 13 nitrogen and oxygen atoms in total. The van der Waals surface area contributed by atoms with Gasteiger partial charge in [0.1, 0.15) is 12.1 Å². The third-order valence-electron chi connectivity index (χ3n) is 10.8. The quantitative estimate of drug-likeness (QED) is 0.172. The van der Waals surface area contributed by atoms with Gasteiger partial charge >= 0.3 is 5.97 Å². The summed E-state index contributed by atoms with van der Waals surface area (Å²) in [6.45, 7) is 13.9. The Hall–Kier alpha value is -3.55. The zero-order chi connectivity index (χ0) is 40.2. The van der Waals surface area contributed by atoms with E-state index in [-0.39, 0.29) is 48.3 Å². The molecule has 1 aliphatic rings. The van der Waals surface area contributed by atoms with Crippen LogP contribution in [0.15, 0.2) is 30.3 Å². The molecule has 1 aromatic rings. The minimum Gasteiger partial charge on any atom is -0.480 e. The number of nitrogens with zero attached hydrogens (tertiary/aromatic N) is 3. The molecule has 9 atom stereocenters. The van der Waals surface area contributed by atoms with Crippen LogP contribution in [0, 0.1) is 23.7 Å². The van der Waals surface area contributed by atoms with Crippen LogP contribution in [0.4, 0.5) is 0 Å². The summed E-state index contributed by atoms with van der Waals surface area (Å²) in [4.78, 5) is 72.5. The lowest BCUT2D eigenvalue weighted by Crippen LogP contribution is -2.59. The van der Waals surface area contributed by atoms with E-state index in [0.29, 0.717) is 19.4 Å². The summed E-state index contributed by atoms with van der Waals surface area (Å²) >= 11 is 0. The summed E-state index contributed by atoms with van der Waals surface area (Å²) in [7, 11) is 8.44. The monoisotopic (exact) mass is 745 g/mol. The maximum atomic E-state index is 14.2. The highest BCUT2D eigenvalue weighted by atomic mass is 16.5. The number of carbonyl (C=O) groups is 5. The van der Waals surface area contributed by atoms with E-state index in [0.717, 1.165) is 12.0 Å². The highest BCUT2D eigenvalue weighted by molar-refractivity contribution is 5.90. The summed E-state index contributed by atoms with van der Waals surface area (Å²) in [6, 6.07) is 5.89. The predicted octanol–water partition coefficient (Wildman–Crippen LogP) is 3.45. The number of benzene rings is 1. The van der Waals surface area contributed by atoms with Crippen LogP contribution in [0.2, 0.25) is 0 Å². The molecule has 300 valence electrons. The van der Waals surface area contributed by atoms with Gasteiger partial charge in [0.2, 0.25) is 23.6 Å². The van der Waals surface area contributed by atoms with Crippen molar-refractivity contribution in [2.75, 3.05) is 41.9 Å². The third-order valence-corrected chi connectivity index (χ3v) is 10.8. The van der Waals surface area contributed by atoms with Crippen LogP contribution in [0.3, 0.4) is 0 Å². The number of likely N-dealkylation sites (tertiary alicyclic amines) is 1. The molecule has 1 fully saturated rings. The Bertz CT molecular complexity index is 1330. The molecular formula is C40H67N5O8. The summed E-state index contributed by atoms with van der Waals surface area (Å²) < 4.78 is 11.9. The standard InChI is InChI=1S/C40H67N5O8/c1-13-26(6)35(44(10)39(49)33(24(2)3)42-38(48)34(25(4)5)43(8)9)31(52-11)23-32(46)45-21-17-20-30(45)36(53-12)27(7)37(47)41-29(40(50)51)22-28-18-15-14-16-19-28/h14-16,18-19,24-27,29-31,33-36H,13,17,20-23H2,1-12H3,(H,41,47)(H,42,48)(H,50,51)/t26?,27?,29?,30?,31?,33-,34?,35?,36?/m0/s1. The normalized spacial score (nSPS) is 19.2. The van der Waals surface area contributed by atoms with Gasteiger partial charge in [-0.3, -0.25) is 24.1 Å². The summed E-state index contributed by atoms with van der Waals surface area (Å²) in [6.07, 6.45) is 0.820. The molecule has 1 aromatic carbocycles. The van der Waals surface area contributed by atoms with Gasteiger partial charge in [-0.1, -0.05) is 85.2 Å². The van der Waals surface area contributed by atoms with Gasteiger partial charge < -0.3 is 35.0 Å². The fraction of sp³-hybridized carbons (Fsp3) is 0.725. The van der Waals surface area contributed by atoms with Crippen LogP contribution in [0.1, 0.15) is 79.7 Å². The molecule has 1 heterocycles. The molecule has 0 aliphatic carbocycles.